The Morgan fingerprint density at radius 3 is 2.36 bits per heavy atom. The number of rotatable bonds is 2. The monoisotopic (exact) mass is 348 g/mol. The van der Waals surface area contributed by atoms with Crippen LogP contribution in [-0.2, 0) is 3.12 Å². The summed E-state index contributed by atoms with van der Waals surface area (Å²) in [4.78, 5) is 0. The summed E-state index contributed by atoms with van der Waals surface area (Å²) >= 11 is -1.26. The number of furan rings is 1. The average molecular weight is 348 g/mol. The maximum atomic E-state index is 5.41. The zero-order valence-corrected chi connectivity index (χ0v) is 11.1. The van der Waals surface area contributed by atoms with Crippen LogP contribution >= 0.6 is 0 Å². The average Bonchev–Trinajstić information content (AvgIpc) is 2.37. The first kappa shape index (κ1) is 9.25. The van der Waals surface area contributed by atoms with E-state index >= 15 is 0 Å². The third-order valence-electron chi connectivity index (χ3n) is 2.24. The van der Waals surface area contributed by atoms with Gasteiger partial charge < -0.3 is 0 Å². The van der Waals surface area contributed by atoms with E-state index in [1.807, 2.05) is 6.07 Å². The maximum absolute atomic E-state index is 5.41. The molecule has 0 saturated carbocycles. The summed E-state index contributed by atoms with van der Waals surface area (Å²) in [5.41, 5.74) is 0. The molecule has 0 saturated heterocycles. The molecule has 0 N–H and O–H groups in total. The van der Waals surface area contributed by atoms with Gasteiger partial charge in [-0.15, -0.1) is 0 Å². The molecule has 1 heterocycles. The fourth-order valence-electron chi connectivity index (χ4n) is 0.847. The molecule has 1 aromatic rings. The van der Waals surface area contributed by atoms with Crippen molar-refractivity contribution in [3.63, 3.8) is 0 Å². The molecule has 11 heavy (non-hydrogen) atoms. The third-order valence-corrected chi connectivity index (χ3v) is 11.8. The standard InChI is InChI=1S/C7H9O.2CH3.Bi/c1-6(2)7-4-3-5-8-7;;;/h3-5H,1-2H3;2*1H3;. The fourth-order valence-corrected chi connectivity index (χ4v) is 3.06. The van der Waals surface area contributed by atoms with Gasteiger partial charge in [-0.3, -0.25) is 0 Å². The fraction of sp³-hybridized carbons (Fsp3) is 0.556. The third kappa shape index (κ3) is 1.84. The van der Waals surface area contributed by atoms with Gasteiger partial charge in [0, 0.05) is 0 Å². The van der Waals surface area contributed by atoms with Crippen molar-refractivity contribution in [2.24, 2.45) is 0 Å². The molecule has 0 radical (unpaired) electrons. The first-order valence-corrected chi connectivity index (χ1v) is 12.5. The molecule has 0 atom stereocenters. The predicted octanol–water partition coefficient (Wildman–Crippen LogP) is 2.85. The molecule has 1 rings (SSSR count). The second-order valence-corrected chi connectivity index (χ2v) is 14.7. The van der Waals surface area contributed by atoms with Crippen molar-refractivity contribution in [2.45, 2.75) is 26.2 Å². The van der Waals surface area contributed by atoms with E-state index in [0.717, 1.165) is 0 Å². The Balaban J connectivity index is 2.90. The molecule has 0 bridgehead atoms. The van der Waals surface area contributed by atoms with Crippen molar-refractivity contribution in [1.82, 2.24) is 0 Å². The molecule has 0 amide bonds. The van der Waals surface area contributed by atoms with Gasteiger partial charge in [-0.25, -0.2) is 0 Å². The van der Waals surface area contributed by atoms with Crippen LogP contribution in [-0.4, -0.2) is 21.8 Å². The Morgan fingerprint density at radius 2 is 2.00 bits per heavy atom. The van der Waals surface area contributed by atoms with Crippen molar-refractivity contribution >= 4 is 21.8 Å². The van der Waals surface area contributed by atoms with E-state index in [9.17, 15) is 0 Å². The van der Waals surface area contributed by atoms with E-state index in [-0.39, 0.29) is 0 Å². The molecule has 0 aliphatic rings. The zero-order chi connectivity index (χ0) is 8.48. The van der Waals surface area contributed by atoms with E-state index in [1.165, 1.54) is 5.76 Å². The Bertz CT molecular complexity index is 211. The van der Waals surface area contributed by atoms with Gasteiger partial charge in [0.25, 0.3) is 0 Å². The molecule has 0 unspecified atom stereocenters. The van der Waals surface area contributed by atoms with Gasteiger partial charge in [0.1, 0.15) is 0 Å². The van der Waals surface area contributed by atoms with Crippen LogP contribution in [0.25, 0.3) is 0 Å². The zero-order valence-electron chi connectivity index (χ0n) is 7.59. The van der Waals surface area contributed by atoms with Crippen molar-refractivity contribution < 1.29 is 4.42 Å². The van der Waals surface area contributed by atoms with Crippen LogP contribution in [0.3, 0.4) is 0 Å². The van der Waals surface area contributed by atoms with Crippen molar-refractivity contribution in [2.75, 3.05) is 0 Å². The minimum atomic E-state index is -1.26. The van der Waals surface area contributed by atoms with Gasteiger partial charge in [-0.05, 0) is 0 Å². The van der Waals surface area contributed by atoms with E-state index in [2.05, 4.69) is 29.2 Å². The second kappa shape index (κ2) is 3.27. The molecule has 0 aromatic carbocycles. The normalized spacial score (nSPS) is 12.5. The van der Waals surface area contributed by atoms with Crippen LogP contribution in [0.15, 0.2) is 22.8 Å². The molecular weight excluding hydrogens is 333 g/mol. The summed E-state index contributed by atoms with van der Waals surface area (Å²) in [5, 5.41) is 0. The summed E-state index contributed by atoms with van der Waals surface area (Å²) in [5.74, 6) is 1.17. The predicted molar refractivity (Wildman–Crippen MR) is 49.2 cm³/mol. The molecule has 0 fully saturated rings. The van der Waals surface area contributed by atoms with Crippen molar-refractivity contribution in [3.8, 4) is 0 Å². The SMILES string of the molecule is [CH3][Bi]([CH3])[C](C)(C)c1ccco1. The van der Waals surface area contributed by atoms with Crippen LogP contribution in [0.1, 0.15) is 19.6 Å². The van der Waals surface area contributed by atoms with Crippen LogP contribution in [0.2, 0.25) is 9.26 Å². The minimum absolute atomic E-state index is 0.360. The number of hydrogen-bond acceptors (Lipinski definition) is 1. The van der Waals surface area contributed by atoms with Crippen LogP contribution in [0.5, 0.6) is 0 Å². The second-order valence-electron chi connectivity index (χ2n) is 3.43. The Kier molecular flexibility index (Phi) is 2.75. The van der Waals surface area contributed by atoms with E-state index in [1.54, 1.807) is 6.26 Å². The van der Waals surface area contributed by atoms with Crippen LogP contribution in [0.4, 0.5) is 0 Å². The van der Waals surface area contributed by atoms with Crippen LogP contribution in [0, 0.1) is 0 Å². The van der Waals surface area contributed by atoms with Gasteiger partial charge in [-0.1, -0.05) is 0 Å². The Morgan fingerprint density at radius 1 is 1.36 bits per heavy atom. The molecular formula is C9H15BiO. The summed E-state index contributed by atoms with van der Waals surface area (Å²) in [6.07, 6.45) is 1.77. The molecule has 2 heteroatoms. The first-order chi connectivity index (χ1) is 5.05. The van der Waals surface area contributed by atoms with Gasteiger partial charge in [-0.2, -0.15) is 0 Å². The van der Waals surface area contributed by atoms with Crippen molar-refractivity contribution in [1.29, 1.82) is 0 Å². The molecule has 1 nitrogen and oxygen atoms in total. The Hall–Kier alpha value is 0.163. The molecule has 62 valence electrons. The summed E-state index contributed by atoms with van der Waals surface area (Å²) in [6.45, 7) is 4.59. The topological polar surface area (TPSA) is 13.1 Å². The summed E-state index contributed by atoms with van der Waals surface area (Å²) < 4.78 is 10.6. The van der Waals surface area contributed by atoms with Gasteiger partial charge >= 0.3 is 76.6 Å². The first-order valence-electron chi connectivity index (χ1n) is 3.76. The molecule has 0 aliphatic carbocycles. The summed E-state index contributed by atoms with van der Waals surface area (Å²) in [7, 11) is 0. The number of hydrogen-bond donors (Lipinski definition) is 0. The molecule has 1 aromatic heterocycles. The Labute approximate surface area is 76.5 Å². The van der Waals surface area contributed by atoms with E-state index < -0.39 is 21.8 Å². The van der Waals surface area contributed by atoms with Gasteiger partial charge in [0.15, 0.2) is 0 Å². The van der Waals surface area contributed by atoms with Crippen molar-refractivity contribution in [3.05, 3.63) is 24.2 Å². The quantitative estimate of drug-likeness (QED) is 0.750. The van der Waals surface area contributed by atoms with Crippen LogP contribution < -0.4 is 0 Å². The molecule has 0 spiro atoms. The summed E-state index contributed by atoms with van der Waals surface area (Å²) in [6, 6.07) is 4.07. The molecule has 0 aliphatic heterocycles. The van der Waals surface area contributed by atoms with Gasteiger partial charge in [0.2, 0.25) is 0 Å². The van der Waals surface area contributed by atoms with Gasteiger partial charge in [0.05, 0.1) is 0 Å². The van der Waals surface area contributed by atoms with E-state index in [0.29, 0.717) is 3.12 Å². The van der Waals surface area contributed by atoms with E-state index in [4.69, 9.17) is 4.42 Å².